The Morgan fingerprint density at radius 3 is 2.48 bits per heavy atom. The standard InChI is InChI=1S/C16H13N3O2/c17-9-8-15(20)19-14-10-12(6-7-13(14)18)16(21)11-4-2-1-3-5-11/h1-7,10H,8,18H2,(H,19,20). The lowest BCUT2D eigenvalue weighted by molar-refractivity contribution is -0.115. The SMILES string of the molecule is N#CCC(=O)Nc1cc(C(=O)c2ccccc2)ccc1N. The Labute approximate surface area is 122 Å². The van der Waals surface area contributed by atoms with Crippen LogP contribution in [0.1, 0.15) is 22.3 Å². The van der Waals surface area contributed by atoms with Crippen LogP contribution < -0.4 is 11.1 Å². The van der Waals surface area contributed by atoms with Crippen molar-refractivity contribution in [2.75, 3.05) is 11.1 Å². The van der Waals surface area contributed by atoms with Gasteiger partial charge in [-0.2, -0.15) is 5.26 Å². The van der Waals surface area contributed by atoms with Crippen LogP contribution in [0.3, 0.4) is 0 Å². The highest BCUT2D eigenvalue weighted by Gasteiger charge is 2.12. The summed E-state index contributed by atoms with van der Waals surface area (Å²) in [5.74, 6) is -0.625. The maximum absolute atomic E-state index is 12.3. The van der Waals surface area contributed by atoms with Crippen LogP contribution in [0.4, 0.5) is 11.4 Å². The van der Waals surface area contributed by atoms with Crippen LogP contribution in [-0.2, 0) is 4.79 Å². The third kappa shape index (κ3) is 3.45. The minimum atomic E-state index is -0.464. The van der Waals surface area contributed by atoms with Crippen molar-refractivity contribution in [3.8, 4) is 6.07 Å². The molecule has 2 rings (SSSR count). The maximum Gasteiger partial charge on any atom is 0.238 e. The number of nitrogens with two attached hydrogens (primary N) is 1. The number of ketones is 1. The minimum absolute atomic E-state index is 0.161. The molecule has 0 aromatic heterocycles. The smallest absolute Gasteiger partial charge is 0.238 e. The molecule has 0 aliphatic carbocycles. The van der Waals surface area contributed by atoms with Crippen LogP contribution in [0.5, 0.6) is 0 Å². The number of hydrogen-bond donors (Lipinski definition) is 2. The average Bonchev–Trinajstić information content (AvgIpc) is 2.50. The van der Waals surface area contributed by atoms with Crippen molar-refractivity contribution in [2.24, 2.45) is 0 Å². The van der Waals surface area contributed by atoms with Gasteiger partial charge in [-0.3, -0.25) is 9.59 Å². The van der Waals surface area contributed by atoms with Gasteiger partial charge in [0.05, 0.1) is 17.4 Å². The zero-order valence-corrected chi connectivity index (χ0v) is 11.2. The molecule has 0 spiro atoms. The van der Waals surface area contributed by atoms with Gasteiger partial charge in [0.1, 0.15) is 6.42 Å². The van der Waals surface area contributed by atoms with Crippen LogP contribution in [0.15, 0.2) is 48.5 Å². The highest BCUT2D eigenvalue weighted by Crippen LogP contribution is 2.22. The summed E-state index contributed by atoms with van der Waals surface area (Å²) in [6.07, 6.45) is -0.268. The van der Waals surface area contributed by atoms with E-state index in [0.717, 1.165) is 0 Å². The summed E-state index contributed by atoms with van der Waals surface area (Å²) >= 11 is 0. The third-order valence-corrected chi connectivity index (χ3v) is 2.87. The van der Waals surface area contributed by atoms with E-state index in [2.05, 4.69) is 5.32 Å². The summed E-state index contributed by atoms with van der Waals surface area (Å²) in [5.41, 5.74) is 7.40. The van der Waals surface area contributed by atoms with Crippen LogP contribution in [0, 0.1) is 11.3 Å². The Balaban J connectivity index is 2.29. The molecule has 0 radical (unpaired) electrons. The quantitative estimate of drug-likeness (QED) is 0.663. The number of hydrogen-bond acceptors (Lipinski definition) is 4. The normalized spacial score (nSPS) is 9.67. The molecule has 5 heteroatoms. The van der Waals surface area contributed by atoms with Gasteiger partial charge < -0.3 is 11.1 Å². The van der Waals surface area contributed by atoms with Gasteiger partial charge in [-0.25, -0.2) is 0 Å². The average molecular weight is 279 g/mol. The Hall–Kier alpha value is -3.13. The van der Waals surface area contributed by atoms with E-state index < -0.39 is 5.91 Å². The fraction of sp³-hybridized carbons (Fsp3) is 0.0625. The number of nitriles is 1. The molecular weight excluding hydrogens is 266 g/mol. The van der Waals surface area contributed by atoms with E-state index in [0.29, 0.717) is 22.5 Å². The van der Waals surface area contributed by atoms with Gasteiger partial charge in [-0.1, -0.05) is 30.3 Å². The number of carbonyl (C=O) groups is 2. The van der Waals surface area contributed by atoms with Crippen LogP contribution in [0.25, 0.3) is 0 Å². The molecule has 1 amide bonds. The summed E-state index contributed by atoms with van der Waals surface area (Å²) < 4.78 is 0. The summed E-state index contributed by atoms with van der Waals surface area (Å²) in [7, 11) is 0. The monoisotopic (exact) mass is 279 g/mol. The molecule has 0 saturated heterocycles. The topological polar surface area (TPSA) is 96.0 Å². The molecule has 0 aliphatic heterocycles. The molecule has 2 aromatic carbocycles. The Kier molecular flexibility index (Phi) is 4.32. The first-order valence-corrected chi connectivity index (χ1v) is 6.28. The van der Waals surface area contributed by atoms with Crippen molar-refractivity contribution in [1.29, 1.82) is 5.26 Å². The van der Waals surface area contributed by atoms with Gasteiger partial charge in [-0.15, -0.1) is 0 Å². The highest BCUT2D eigenvalue weighted by molar-refractivity contribution is 6.10. The van der Waals surface area contributed by atoms with E-state index in [-0.39, 0.29) is 12.2 Å². The molecule has 0 saturated carbocycles. The number of benzene rings is 2. The lowest BCUT2D eigenvalue weighted by Gasteiger charge is -2.09. The maximum atomic E-state index is 12.3. The van der Waals surface area contributed by atoms with E-state index in [1.807, 2.05) is 6.07 Å². The van der Waals surface area contributed by atoms with E-state index >= 15 is 0 Å². The number of amides is 1. The van der Waals surface area contributed by atoms with E-state index in [9.17, 15) is 9.59 Å². The molecule has 0 atom stereocenters. The van der Waals surface area contributed by atoms with Crippen molar-refractivity contribution in [2.45, 2.75) is 6.42 Å². The second-order valence-electron chi connectivity index (χ2n) is 4.38. The van der Waals surface area contributed by atoms with Crippen LogP contribution in [-0.4, -0.2) is 11.7 Å². The van der Waals surface area contributed by atoms with Crippen molar-refractivity contribution in [3.05, 3.63) is 59.7 Å². The largest absolute Gasteiger partial charge is 0.397 e. The van der Waals surface area contributed by atoms with Gasteiger partial charge in [0.15, 0.2) is 5.78 Å². The van der Waals surface area contributed by atoms with Crippen molar-refractivity contribution < 1.29 is 9.59 Å². The zero-order valence-electron chi connectivity index (χ0n) is 11.2. The van der Waals surface area contributed by atoms with E-state index in [1.54, 1.807) is 42.5 Å². The van der Waals surface area contributed by atoms with Gasteiger partial charge in [-0.05, 0) is 18.2 Å². The first-order valence-electron chi connectivity index (χ1n) is 6.28. The number of nitrogens with one attached hydrogen (secondary N) is 1. The fourth-order valence-electron chi connectivity index (χ4n) is 1.83. The number of nitrogens with zero attached hydrogens (tertiary/aromatic N) is 1. The van der Waals surface area contributed by atoms with Gasteiger partial charge in [0.25, 0.3) is 0 Å². The molecule has 3 N–H and O–H groups in total. The summed E-state index contributed by atoms with van der Waals surface area (Å²) in [5, 5.41) is 11.0. The molecule has 0 heterocycles. The molecular formula is C16H13N3O2. The van der Waals surface area contributed by atoms with Crippen molar-refractivity contribution in [1.82, 2.24) is 0 Å². The first kappa shape index (κ1) is 14.3. The number of anilines is 2. The van der Waals surface area contributed by atoms with Crippen molar-refractivity contribution >= 4 is 23.1 Å². The van der Waals surface area contributed by atoms with E-state index in [4.69, 9.17) is 11.0 Å². The summed E-state index contributed by atoms with van der Waals surface area (Å²) in [6, 6.07) is 15.2. The molecule has 2 aromatic rings. The summed E-state index contributed by atoms with van der Waals surface area (Å²) in [6.45, 7) is 0. The Morgan fingerprint density at radius 1 is 1.10 bits per heavy atom. The number of nitrogen functional groups attached to an aromatic ring is 1. The van der Waals surface area contributed by atoms with E-state index in [1.165, 1.54) is 6.07 Å². The number of carbonyl (C=O) groups excluding carboxylic acids is 2. The third-order valence-electron chi connectivity index (χ3n) is 2.87. The highest BCUT2D eigenvalue weighted by atomic mass is 16.1. The summed E-state index contributed by atoms with van der Waals surface area (Å²) in [4.78, 5) is 23.8. The Morgan fingerprint density at radius 2 is 1.81 bits per heavy atom. The van der Waals surface area contributed by atoms with Gasteiger partial charge >= 0.3 is 0 Å². The molecule has 21 heavy (non-hydrogen) atoms. The minimum Gasteiger partial charge on any atom is -0.397 e. The Bertz CT molecular complexity index is 718. The predicted molar refractivity (Wildman–Crippen MR) is 79.6 cm³/mol. The van der Waals surface area contributed by atoms with Crippen molar-refractivity contribution in [3.63, 3.8) is 0 Å². The number of rotatable bonds is 4. The lowest BCUT2D eigenvalue weighted by atomic mass is 10.0. The predicted octanol–water partition coefficient (Wildman–Crippen LogP) is 2.35. The molecule has 0 fully saturated rings. The molecule has 0 bridgehead atoms. The van der Waals surface area contributed by atoms with Crippen LogP contribution >= 0.6 is 0 Å². The molecule has 0 unspecified atom stereocenters. The van der Waals surface area contributed by atoms with Gasteiger partial charge in [0, 0.05) is 11.1 Å². The second kappa shape index (κ2) is 6.35. The lowest BCUT2D eigenvalue weighted by Crippen LogP contribution is -2.12. The first-order chi connectivity index (χ1) is 10.1. The molecule has 0 aliphatic rings. The second-order valence-corrected chi connectivity index (χ2v) is 4.38. The zero-order chi connectivity index (χ0) is 15.2. The van der Waals surface area contributed by atoms with Crippen LogP contribution in [0.2, 0.25) is 0 Å². The van der Waals surface area contributed by atoms with Gasteiger partial charge in [0.2, 0.25) is 5.91 Å². The molecule has 5 nitrogen and oxygen atoms in total. The fourth-order valence-corrected chi connectivity index (χ4v) is 1.83. The molecule has 104 valence electrons.